The maximum atomic E-state index is 11.5. The summed E-state index contributed by atoms with van der Waals surface area (Å²) in [7, 11) is 15.5. The third-order valence-corrected chi connectivity index (χ3v) is 5.79. The van der Waals surface area contributed by atoms with Crippen LogP contribution in [0.2, 0.25) is 0 Å². The van der Waals surface area contributed by atoms with Crippen LogP contribution < -0.4 is 5.43 Å². The minimum atomic E-state index is -0.380. The average molecular weight is 303 g/mol. The molecule has 0 saturated heterocycles. The van der Waals surface area contributed by atoms with Gasteiger partial charge in [-0.05, 0) is 0 Å². The summed E-state index contributed by atoms with van der Waals surface area (Å²) in [5, 5.41) is 9.27. The minimum absolute atomic E-state index is 0.00724. The summed E-state index contributed by atoms with van der Waals surface area (Å²) in [5.74, 6) is 0.982. The summed E-state index contributed by atoms with van der Waals surface area (Å²) in [6, 6.07) is 3.81. The van der Waals surface area contributed by atoms with E-state index in [2.05, 4.69) is 58.7 Å². The van der Waals surface area contributed by atoms with Gasteiger partial charge in [-0.15, -0.1) is 0 Å². The predicted molar refractivity (Wildman–Crippen MR) is 128 cm³/mol. The molecule has 1 aromatic rings. The summed E-state index contributed by atoms with van der Waals surface area (Å²) in [6.07, 6.45) is 5.85. The molecular formula is C7H19B12O3S-. The first-order valence-electron chi connectivity index (χ1n) is 8.23. The van der Waals surface area contributed by atoms with Crippen LogP contribution in [-0.2, 0) is 5.75 Å². The van der Waals surface area contributed by atoms with Gasteiger partial charge in [0.05, 0.1) is 0 Å². The second kappa shape index (κ2) is 9.39. The fourth-order valence-corrected chi connectivity index (χ4v) is 4.96. The number of aromatic hydroxyl groups is 1. The third-order valence-electron chi connectivity index (χ3n) is 4.27. The fourth-order valence-electron chi connectivity index (χ4n) is 3.23. The molecule has 16 heteroatoms. The van der Waals surface area contributed by atoms with E-state index >= 15 is 0 Å². The van der Waals surface area contributed by atoms with Crippen LogP contribution >= 0.6 is 10.3 Å². The van der Waals surface area contributed by atoms with Gasteiger partial charge in [0.15, 0.2) is 0 Å². The molecule has 2 radical (unpaired) electrons. The Morgan fingerprint density at radius 1 is 1.30 bits per heavy atom. The van der Waals surface area contributed by atoms with Crippen LogP contribution in [0.1, 0.15) is 5.76 Å². The Bertz CT molecular complexity index is 595. The van der Waals surface area contributed by atoms with E-state index in [1.807, 2.05) is 0 Å². The van der Waals surface area contributed by atoms with Gasteiger partial charge >= 0.3 is 150 Å². The molecule has 1 N–H and O–H groups in total. The van der Waals surface area contributed by atoms with E-state index < -0.39 is 0 Å². The molecule has 0 aliphatic rings. The third kappa shape index (κ3) is 6.36. The Hall–Kier alpha value is -0.121. The molecule has 0 aliphatic carbocycles. The van der Waals surface area contributed by atoms with Crippen LogP contribution in [0.3, 0.4) is 0 Å². The standard InChI is InChI=1S/C7H19B12O3S/c1-23(4-5-2-6(20)7(21)3-22-5)14-18(15(8)9)19(16(10)11)17(12)13/h2-3,10,21H,4,8-9,11-13H2,1H3/q-1/i8-1,9-1,10-1,11-1,12-1,13-1,14-1,15-1,16-1,17-1,18-1,19-1. The van der Waals surface area contributed by atoms with E-state index in [1.54, 1.807) is 0 Å². The average Bonchev–Trinajstić information content (AvgIpc) is 2.41. The van der Waals surface area contributed by atoms with Crippen molar-refractivity contribution >= 4 is 94.7 Å². The van der Waals surface area contributed by atoms with Gasteiger partial charge in [-0.1, -0.05) is 0 Å². The molecule has 1 atom stereocenters. The van der Waals surface area contributed by atoms with Crippen molar-refractivity contribution in [3.8, 4) is 5.75 Å². The van der Waals surface area contributed by atoms with Gasteiger partial charge in [0.2, 0.25) is 0 Å². The second-order valence-electron chi connectivity index (χ2n) is 7.19. The van der Waals surface area contributed by atoms with Crippen molar-refractivity contribution in [3.05, 3.63) is 28.3 Å². The molecule has 108 valence electrons. The van der Waals surface area contributed by atoms with Gasteiger partial charge in [0, 0.05) is 0 Å². The number of hydrogen-bond donors (Lipinski definition) is 1. The molecule has 1 unspecified atom stereocenters. The van der Waals surface area contributed by atoms with Gasteiger partial charge in [-0.3, -0.25) is 0 Å². The summed E-state index contributed by atoms with van der Waals surface area (Å²) in [4.78, 5) is 11.5. The van der Waals surface area contributed by atoms with Gasteiger partial charge < -0.3 is 0 Å². The van der Waals surface area contributed by atoms with Crippen molar-refractivity contribution in [1.29, 1.82) is 0 Å². The molecular weight excluding hydrogens is 284 g/mol. The van der Waals surface area contributed by atoms with Crippen molar-refractivity contribution in [2.75, 3.05) is 6.26 Å². The van der Waals surface area contributed by atoms with Crippen LogP contribution in [0.15, 0.2) is 21.5 Å². The van der Waals surface area contributed by atoms with Crippen molar-refractivity contribution in [2.24, 2.45) is 0 Å². The molecule has 0 aromatic carbocycles. The SMILES string of the molecule is [10BH-][10B]([10BH2])[10B]([10B]([10BH2])[10BH2])[10B]([10B]=S(C)Cc1cc(=O)c(O)co1)[10B]([10BH2])[10BH2]. The molecule has 0 saturated carbocycles. The van der Waals surface area contributed by atoms with E-state index in [-0.39, 0.29) is 21.5 Å². The Morgan fingerprint density at radius 3 is 2.35 bits per heavy atom. The molecule has 0 fully saturated rings. The first-order valence-corrected chi connectivity index (χ1v) is 10.1. The van der Waals surface area contributed by atoms with Crippen molar-refractivity contribution in [2.45, 2.75) is 5.75 Å². The van der Waals surface area contributed by atoms with Gasteiger partial charge in [-0.2, -0.15) is 0 Å². The van der Waals surface area contributed by atoms with Crippen molar-refractivity contribution < 1.29 is 9.52 Å². The molecule has 23 heavy (non-hydrogen) atoms. The summed E-state index contributed by atoms with van der Waals surface area (Å²) < 4.78 is 5.33. The Labute approximate surface area is 150 Å². The zero-order chi connectivity index (χ0) is 17.7. The Kier molecular flexibility index (Phi) is 8.54. The normalized spacial score (nSPS) is 11.4. The number of hydrogen-bond acceptors (Lipinski definition) is 3. The Morgan fingerprint density at radius 2 is 1.91 bits per heavy atom. The molecule has 0 bridgehead atoms. The molecule has 0 amide bonds. The van der Waals surface area contributed by atoms with E-state index in [4.69, 9.17) is 4.42 Å². The maximum absolute atomic E-state index is 11.5. The van der Waals surface area contributed by atoms with Crippen LogP contribution in [0, 0.1) is 0 Å². The second-order valence-corrected chi connectivity index (χ2v) is 9.13. The van der Waals surface area contributed by atoms with Gasteiger partial charge in [0.1, 0.15) is 0 Å². The van der Waals surface area contributed by atoms with Crippen LogP contribution in [0.25, 0.3) is 0 Å². The zero-order valence-corrected chi connectivity index (χ0v) is 16.0. The van der Waals surface area contributed by atoms with E-state index in [9.17, 15) is 9.90 Å². The van der Waals surface area contributed by atoms with Crippen LogP contribution in [0.4, 0.5) is 0 Å². The summed E-state index contributed by atoms with van der Waals surface area (Å²) in [6.45, 7) is 0. The summed E-state index contributed by atoms with van der Waals surface area (Å²) in [5.41, 5.74) is -0.380. The van der Waals surface area contributed by atoms with Gasteiger partial charge in [0.25, 0.3) is 0 Å². The number of rotatable bonds is 7. The van der Waals surface area contributed by atoms with E-state index in [0.717, 1.165) is 6.26 Å². The first kappa shape index (κ1) is 20.9. The van der Waals surface area contributed by atoms with E-state index in [1.165, 1.54) is 6.07 Å². The monoisotopic (exact) mass is 303 g/mol. The Balaban J connectivity index is 3.02. The van der Waals surface area contributed by atoms with Crippen LogP contribution in [0.5, 0.6) is 5.75 Å². The molecule has 0 aliphatic heterocycles. The summed E-state index contributed by atoms with van der Waals surface area (Å²) >= 11 is 0. The first-order chi connectivity index (χ1) is 10.6. The molecule has 1 rings (SSSR count). The van der Waals surface area contributed by atoms with E-state index in [0.29, 0.717) is 43.4 Å². The quantitative estimate of drug-likeness (QED) is 0.510. The zero-order valence-electron chi connectivity index (χ0n) is 15.2. The van der Waals surface area contributed by atoms with Gasteiger partial charge in [-0.25, -0.2) is 0 Å². The fraction of sp³-hybridized carbons (Fsp3) is 0.286. The van der Waals surface area contributed by atoms with Crippen molar-refractivity contribution in [3.63, 3.8) is 0 Å². The molecule has 1 aromatic heterocycles. The predicted octanol–water partition coefficient (Wildman–Crippen LogP) is -6.31. The molecule has 3 nitrogen and oxygen atoms in total. The molecule has 1 heterocycles. The molecule has 0 spiro atoms. The van der Waals surface area contributed by atoms with Crippen LogP contribution in [-0.4, -0.2) is 95.8 Å². The topological polar surface area (TPSA) is 50.4 Å². The van der Waals surface area contributed by atoms with Crippen molar-refractivity contribution in [1.82, 2.24) is 0 Å².